The Balaban J connectivity index is 0.00000121. The third-order valence-corrected chi connectivity index (χ3v) is 5.23. The van der Waals surface area contributed by atoms with Crippen molar-refractivity contribution >= 4 is 6.08 Å². The maximum Gasteiger partial charge on any atom is -1.00 e. The van der Waals surface area contributed by atoms with E-state index in [4.69, 9.17) is 0 Å². The van der Waals surface area contributed by atoms with Crippen LogP contribution in [0.15, 0.2) is 48.5 Å². The van der Waals surface area contributed by atoms with Crippen molar-refractivity contribution < 1.29 is 49.5 Å². The first-order valence-electron chi connectivity index (χ1n) is 7.10. The van der Waals surface area contributed by atoms with Gasteiger partial charge in [-0.25, -0.2) is 0 Å². The van der Waals surface area contributed by atoms with Crippen LogP contribution in [0.4, 0.5) is 0 Å². The second-order valence-corrected chi connectivity index (χ2v) is 8.00. The molecule has 0 nitrogen and oxygen atoms in total. The fraction of sp³-hybridized carbons (Fsp3) is 0.263. The molecule has 0 spiro atoms. The Morgan fingerprint density at radius 1 is 0.909 bits per heavy atom. The summed E-state index contributed by atoms with van der Waals surface area (Å²) in [6.45, 7) is 6.78. The molecule has 1 aliphatic rings. The molecular weight excluding hydrogens is 390 g/mol. The van der Waals surface area contributed by atoms with Gasteiger partial charge in [0, 0.05) is 0 Å². The van der Waals surface area contributed by atoms with Gasteiger partial charge in [-0.2, -0.15) is 0 Å². The van der Waals surface area contributed by atoms with Crippen molar-refractivity contribution in [3.8, 4) is 11.1 Å². The molecule has 0 radical (unpaired) electrons. The summed E-state index contributed by atoms with van der Waals surface area (Å²) in [6.07, 6.45) is 4.62. The number of rotatable bonds is 1. The van der Waals surface area contributed by atoms with E-state index in [0.717, 1.165) is 0 Å². The van der Waals surface area contributed by atoms with Crippen LogP contribution in [-0.4, -0.2) is 0 Å². The van der Waals surface area contributed by atoms with E-state index < -0.39 is 0 Å². The average molecular weight is 409 g/mol. The van der Waals surface area contributed by atoms with Gasteiger partial charge in [0.1, 0.15) is 0 Å². The van der Waals surface area contributed by atoms with Crippen LogP contribution in [0, 0.1) is 0 Å². The quantitative estimate of drug-likeness (QED) is 0.583. The van der Waals surface area contributed by atoms with Gasteiger partial charge >= 0.3 is 137 Å². The van der Waals surface area contributed by atoms with Gasteiger partial charge in [-0.15, -0.1) is 0 Å². The summed E-state index contributed by atoms with van der Waals surface area (Å²) in [5.41, 5.74) is 7.20. The Hall–Kier alpha value is -0.357. The van der Waals surface area contributed by atoms with Crippen LogP contribution in [0.3, 0.4) is 0 Å². The van der Waals surface area contributed by atoms with Crippen molar-refractivity contribution in [2.24, 2.45) is 0 Å². The molecule has 113 valence electrons. The molecule has 0 aromatic heterocycles. The molecule has 3 heteroatoms. The SMILES string of the molecule is CC(C)(C)c1ccc(-c2cccc3c2C=C[CH]3[Zr+2])cc1.[Cl-].[Cl-]. The molecule has 0 saturated heterocycles. The van der Waals surface area contributed by atoms with Gasteiger partial charge in [-0.05, 0) is 0 Å². The largest absolute Gasteiger partial charge is 1.00 e. The van der Waals surface area contributed by atoms with Crippen LogP contribution in [0.5, 0.6) is 0 Å². The van der Waals surface area contributed by atoms with Gasteiger partial charge in [0.25, 0.3) is 0 Å². The predicted molar refractivity (Wildman–Crippen MR) is 82.4 cm³/mol. The molecule has 2 aromatic rings. The van der Waals surface area contributed by atoms with E-state index in [0.29, 0.717) is 3.63 Å². The van der Waals surface area contributed by atoms with E-state index in [1.165, 1.54) is 27.8 Å². The second-order valence-electron chi connectivity index (χ2n) is 6.47. The minimum absolute atomic E-state index is 0. The molecule has 0 aliphatic heterocycles. The Bertz CT molecular complexity index is 667. The summed E-state index contributed by atoms with van der Waals surface area (Å²) >= 11 is 1.57. The summed E-state index contributed by atoms with van der Waals surface area (Å²) in [4.78, 5) is 0. The topological polar surface area (TPSA) is 0 Å². The smallest absolute Gasteiger partial charge is 1.00 e. The van der Waals surface area contributed by atoms with Crippen LogP contribution in [0.2, 0.25) is 0 Å². The minimum atomic E-state index is 0. The monoisotopic (exact) mass is 407 g/mol. The van der Waals surface area contributed by atoms with Gasteiger partial charge in [0.15, 0.2) is 0 Å². The van der Waals surface area contributed by atoms with Crippen molar-refractivity contribution in [1.82, 2.24) is 0 Å². The number of fused-ring (bicyclic) bond motifs is 1. The van der Waals surface area contributed by atoms with Crippen LogP contribution >= 0.6 is 0 Å². The van der Waals surface area contributed by atoms with E-state index in [1.807, 2.05) is 0 Å². The third kappa shape index (κ3) is 3.75. The van der Waals surface area contributed by atoms with E-state index in [1.54, 1.807) is 24.7 Å². The average Bonchev–Trinajstić information content (AvgIpc) is 2.80. The Morgan fingerprint density at radius 2 is 1.55 bits per heavy atom. The van der Waals surface area contributed by atoms with Crippen molar-refractivity contribution in [1.29, 1.82) is 0 Å². The number of hydrogen-bond donors (Lipinski definition) is 0. The van der Waals surface area contributed by atoms with E-state index >= 15 is 0 Å². The normalized spacial score (nSPS) is 15.8. The van der Waals surface area contributed by atoms with Crippen LogP contribution in [0.25, 0.3) is 17.2 Å². The maximum atomic E-state index is 2.33. The second kappa shape index (κ2) is 7.48. The van der Waals surface area contributed by atoms with Gasteiger partial charge in [-0.3, -0.25) is 0 Å². The third-order valence-electron chi connectivity index (χ3n) is 3.99. The molecule has 1 aliphatic carbocycles. The first-order chi connectivity index (χ1) is 9.47. The van der Waals surface area contributed by atoms with Crippen LogP contribution in [-0.2, 0) is 30.1 Å². The van der Waals surface area contributed by atoms with E-state index in [2.05, 4.69) is 75.4 Å². The van der Waals surface area contributed by atoms with Crippen molar-refractivity contribution in [2.75, 3.05) is 0 Å². The summed E-state index contributed by atoms with van der Waals surface area (Å²) < 4.78 is 0.631. The Labute approximate surface area is 161 Å². The first-order valence-corrected chi connectivity index (χ1v) is 8.52. The minimum Gasteiger partial charge on any atom is -1.00 e. The first kappa shape index (κ1) is 19.7. The van der Waals surface area contributed by atoms with E-state index in [9.17, 15) is 0 Å². The van der Waals surface area contributed by atoms with E-state index in [-0.39, 0.29) is 30.2 Å². The molecule has 0 fully saturated rings. The molecule has 1 atom stereocenters. The van der Waals surface area contributed by atoms with Crippen molar-refractivity contribution in [3.63, 3.8) is 0 Å². The summed E-state index contributed by atoms with van der Waals surface area (Å²) in [7, 11) is 0. The molecule has 0 heterocycles. The summed E-state index contributed by atoms with van der Waals surface area (Å²) in [5.74, 6) is 0. The zero-order valence-electron chi connectivity index (χ0n) is 13.0. The summed E-state index contributed by atoms with van der Waals surface area (Å²) in [6, 6.07) is 15.8. The zero-order chi connectivity index (χ0) is 14.3. The Kier molecular flexibility index (Phi) is 6.69. The Morgan fingerprint density at radius 3 is 2.14 bits per heavy atom. The fourth-order valence-electron chi connectivity index (χ4n) is 2.74. The zero-order valence-corrected chi connectivity index (χ0v) is 17.0. The standard InChI is InChI=1S/C19H19.2ClH.Zr/c1-19(2,3)16-12-10-15(11-13-16)18-9-5-7-14-6-4-8-17(14)18;;;/h4-13H,1-3H3;2*1H;/q;;;+2/p-2. The molecule has 2 aromatic carbocycles. The van der Waals surface area contributed by atoms with Gasteiger partial charge in [0.2, 0.25) is 0 Å². The number of halogens is 2. The molecule has 3 rings (SSSR count). The van der Waals surface area contributed by atoms with Crippen LogP contribution < -0.4 is 24.8 Å². The molecule has 1 unspecified atom stereocenters. The van der Waals surface area contributed by atoms with Crippen molar-refractivity contribution in [2.45, 2.75) is 29.8 Å². The van der Waals surface area contributed by atoms with Gasteiger partial charge in [0.05, 0.1) is 0 Å². The molecule has 0 N–H and O–H groups in total. The number of benzene rings is 2. The molecule has 0 saturated carbocycles. The molecular formula is C19H19Cl2Zr. The summed E-state index contributed by atoms with van der Waals surface area (Å²) in [5, 5.41) is 0. The number of allylic oxidation sites excluding steroid dienone is 1. The fourth-order valence-corrected chi connectivity index (χ4v) is 3.59. The van der Waals surface area contributed by atoms with Crippen LogP contribution in [0.1, 0.15) is 41.1 Å². The molecule has 0 bridgehead atoms. The predicted octanol–water partition coefficient (Wildman–Crippen LogP) is -0.726. The number of hydrogen-bond acceptors (Lipinski definition) is 0. The maximum absolute atomic E-state index is 2.33. The molecule has 22 heavy (non-hydrogen) atoms. The molecule has 0 amide bonds. The van der Waals surface area contributed by atoms with Crippen molar-refractivity contribution in [3.05, 3.63) is 65.2 Å². The van der Waals surface area contributed by atoms with Gasteiger partial charge in [-0.1, -0.05) is 0 Å². The van der Waals surface area contributed by atoms with Gasteiger partial charge < -0.3 is 24.8 Å².